The molecule has 0 spiro atoms. The monoisotopic (exact) mass is 262 g/mol. The molecule has 7 nitrogen and oxygen atoms in total. The van der Waals surface area contributed by atoms with Crippen molar-refractivity contribution < 1.29 is 13.2 Å². The van der Waals surface area contributed by atoms with Crippen molar-refractivity contribution in [1.82, 2.24) is 19.8 Å². The van der Waals surface area contributed by atoms with E-state index < -0.39 is 10.0 Å². The fourth-order valence-electron chi connectivity index (χ4n) is 1.31. The lowest BCUT2D eigenvalue weighted by Crippen LogP contribution is -2.49. The number of hydrogen-bond donors (Lipinski definition) is 1. The topological polar surface area (TPSA) is 92.3 Å². The van der Waals surface area contributed by atoms with Gasteiger partial charge in [-0.15, -0.1) is 10.2 Å². The first-order valence-corrected chi connectivity index (χ1v) is 6.83. The Labute approximate surface area is 96.5 Å². The number of sulfonamides is 1. The van der Waals surface area contributed by atoms with Crippen molar-refractivity contribution in [2.24, 2.45) is 0 Å². The maximum Gasteiger partial charge on any atom is 0.272 e. The van der Waals surface area contributed by atoms with Crippen molar-refractivity contribution in [3.8, 4) is 0 Å². The van der Waals surface area contributed by atoms with Crippen LogP contribution >= 0.6 is 11.3 Å². The van der Waals surface area contributed by atoms with E-state index in [4.69, 9.17) is 0 Å². The summed E-state index contributed by atoms with van der Waals surface area (Å²) in [5, 5.41) is 10.4. The van der Waals surface area contributed by atoms with E-state index in [1.165, 1.54) is 0 Å². The molecule has 0 radical (unpaired) electrons. The molecule has 0 aliphatic carbocycles. The Morgan fingerprint density at radius 1 is 1.44 bits per heavy atom. The van der Waals surface area contributed by atoms with Crippen molar-refractivity contribution in [3.63, 3.8) is 0 Å². The predicted octanol–water partition coefficient (Wildman–Crippen LogP) is -1.03. The molecule has 0 aromatic carbocycles. The molecule has 1 N–H and O–H groups in total. The standard InChI is InChI=1S/C7H10N4O3S2/c1-5-9-10-7(15-5)16(13,14)11-3-2-8-6(12)4-11/h2-4H2,1H3,(H,8,12). The molecule has 16 heavy (non-hydrogen) atoms. The van der Waals surface area contributed by atoms with Crippen LogP contribution in [0, 0.1) is 6.92 Å². The Morgan fingerprint density at radius 2 is 2.19 bits per heavy atom. The molecule has 1 aliphatic heterocycles. The molecular weight excluding hydrogens is 252 g/mol. The highest BCUT2D eigenvalue weighted by Crippen LogP contribution is 2.19. The average Bonchev–Trinajstić information content (AvgIpc) is 2.65. The minimum Gasteiger partial charge on any atom is -0.354 e. The lowest BCUT2D eigenvalue weighted by atomic mass is 10.4. The number of nitrogens with one attached hydrogen (secondary N) is 1. The predicted molar refractivity (Wildman–Crippen MR) is 56.4 cm³/mol. The van der Waals surface area contributed by atoms with E-state index in [0.29, 0.717) is 11.6 Å². The van der Waals surface area contributed by atoms with Crippen LogP contribution < -0.4 is 5.32 Å². The molecule has 2 heterocycles. The molecule has 1 aromatic heterocycles. The Kier molecular flexibility index (Phi) is 2.91. The maximum atomic E-state index is 12.0. The SMILES string of the molecule is Cc1nnc(S(=O)(=O)N2CCNC(=O)C2)s1. The number of aromatic nitrogens is 2. The van der Waals surface area contributed by atoms with Gasteiger partial charge in [0.2, 0.25) is 10.2 Å². The minimum atomic E-state index is -3.66. The zero-order chi connectivity index (χ0) is 11.8. The van der Waals surface area contributed by atoms with Crippen LogP contribution in [0.15, 0.2) is 4.34 Å². The molecule has 0 unspecified atom stereocenters. The number of piperazine rings is 1. The van der Waals surface area contributed by atoms with Crippen LogP contribution in [0.5, 0.6) is 0 Å². The van der Waals surface area contributed by atoms with E-state index in [0.717, 1.165) is 15.6 Å². The van der Waals surface area contributed by atoms with Crippen molar-refractivity contribution in [1.29, 1.82) is 0 Å². The second-order valence-corrected chi connectivity index (χ2v) is 6.57. The molecule has 0 atom stereocenters. The summed E-state index contributed by atoms with van der Waals surface area (Å²) in [5.41, 5.74) is 0. The van der Waals surface area contributed by atoms with Gasteiger partial charge in [0.15, 0.2) is 0 Å². The molecule has 1 fully saturated rings. The van der Waals surface area contributed by atoms with Crippen LogP contribution in [0.4, 0.5) is 0 Å². The molecule has 9 heteroatoms. The quantitative estimate of drug-likeness (QED) is 0.735. The molecule has 1 amide bonds. The first kappa shape index (κ1) is 11.4. The second kappa shape index (κ2) is 4.07. The number of carbonyl (C=O) groups excluding carboxylic acids is 1. The number of carbonyl (C=O) groups is 1. The summed E-state index contributed by atoms with van der Waals surface area (Å²) in [6, 6.07) is 0. The maximum absolute atomic E-state index is 12.0. The zero-order valence-electron chi connectivity index (χ0n) is 8.50. The summed E-state index contributed by atoms with van der Waals surface area (Å²) in [6.45, 7) is 2.13. The van der Waals surface area contributed by atoms with E-state index in [1.807, 2.05) is 0 Å². The second-order valence-electron chi connectivity index (χ2n) is 3.28. The van der Waals surface area contributed by atoms with E-state index in [2.05, 4.69) is 15.5 Å². The van der Waals surface area contributed by atoms with E-state index in [-0.39, 0.29) is 23.3 Å². The fraction of sp³-hybridized carbons (Fsp3) is 0.571. The third-order valence-corrected chi connectivity index (χ3v) is 5.10. The van der Waals surface area contributed by atoms with Crippen LogP contribution in [-0.2, 0) is 14.8 Å². The fourth-order valence-corrected chi connectivity index (χ4v) is 3.81. The van der Waals surface area contributed by atoms with Gasteiger partial charge in [0.05, 0.1) is 6.54 Å². The van der Waals surface area contributed by atoms with Crippen LogP contribution in [0.25, 0.3) is 0 Å². The largest absolute Gasteiger partial charge is 0.354 e. The highest BCUT2D eigenvalue weighted by molar-refractivity contribution is 7.91. The van der Waals surface area contributed by atoms with Gasteiger partial charge in [0, 0.05) is 13.1 Å². The van der Waals surface area contributed by atoms with Crippen molar-refractivity contribution >= 4 is 27.3 Å². The van der Waals surface area contributed by atoms with Gasteiger partial charge in [0.25, 0.3) is 10.0 Å². The van der Waals surface area contributed by atoms with E-state index >= 15 is 0 Å². The van der Waals surface area contributed by atoms with E-state index in [9.17, 15) is 13.2 Å². The highest BCUT2D eigenvalue weighted by atomic mass is 32.2. The zero-order valence-corrected chi connectivity index (χ0v) is 10.1. The molecule has 2 rings (SSSR count). The van der Waals surface area contributed by atoms with Gasteiger partial charge in [-0.3, -0.25) is 4.79 Å². The molecule has 0 bridgehead atoms. The Hall–Kier alpha value is -1.06. The van der Waals surface area contributed by atoms with Gasteiger partial charge >= 0.3 is 0 Å². The average molecular weight is 262 g/mol. The summed E-state index contributed by atoms with van der Waals surface area (Å²) in [6.07, 6.45) is 0. The lowest BCUT2D eigenvalue weighted by Gasteiger charge is -2.24. The van der Waals surface area contributed by atoms with Crippen LogP contribution in [-0.4, -0.2) is 48.5 Å². The number of rotatable bonds is 2. The van der Waals surface area contributed by atoms with Gasteiger partial charge in [-0.25, -0.2) is 8.42 Å². The summed E-state index contributed by atoms with van der Waals surface area (Å²) >= 11 is 1.01. The summed E-state index contributed by atoms with van der Waals surface area (Å²) in [4.78, 5) is 11.1. The van der Waals surface area contributed by atoms with Crippen molar-refractivity contribution in [2.75, 3.05) is 19.6 Å². The number of amides is 1. The first-order valence-electron chi connectivity index (χ1n) is 4.57. The summed E-state index contributed by atoms with van der Waals surface area (Å²) in [7, 11) is -3.66. The molecule has 1 saturated heterocycles. The van der Waals surface area contributed by atoms with Crippen LogP contribution in [0.1, 0.15) is 5.01 Å². The summed E-state index contributed by atoms with van der Waals surface area (Å²) in [5.74, 6) is -0.295. The Balaban J connectivity index is 2.28. The van der Waals surface area contributed by atoms with Gasteiger partial charge in [-0.05, 0) is 6.92 Å². The van der Waals surface area contributed by atoms with Gasteiger partial charge in [0.1, 0.15) is 5.01 Å². The van der Waals surface area contributed by atoms with Crippen LogP contribution in [0.3, 0.4) is 0 Å². The normalized spacial score (nSPS) is 18.4. The van der Waals surface area contributed by atoms with Crippen molar-refractivity contribution in [3.05, 3.63) is 5.01 Å². The van der Waals surface area contributed by atoms with Gasteiger partial charge < -0.3 is 5.32 Å². The van der Waals surface area contributed by atoms with Gasteiger partial charge in [-0.2, -0.15) is 4.31 Å². The Morgan fingerprint density at radius 3 is 2.75 bits per heavy atom. The Bertz CT molecular complexity index is 509. The van der Waals surface area contributed by atoms with Gasteiger partial charge in [-0.1, -0.05) is 11.3 Å². The molecule has 1 aliphatic rings. The smallest absolute Gasteiger partial charge is 0.272 e. The lowest BCUT2D eigenvalue weighted by molar-refractivity contribution is -0.122. The number of aryl methyl sites for hydroxylation is 1. The third-order valence-electron chi connectivity index (χ3n) is 2.07. The molecule has 0 saturated carbocycles. The highest BCUT2D eigenvalue weighted by Gasteiger charge is 2.31. The third kappa shape index (κ3) is 2.06. The minimum absolute atomic E-state index is 0.0558. The van der Waals surface area contributed by atoms with E-state index in [1.54, 1.807) is 6.92 Å². The molecule has 1 aromatic rings. The van der Waals surface area contributed by atoms with Crippen LogP contribution in [0.2, 0.25) is 0 Å². The first-order chi connectivity index (χ1) is 7.50. The number of hydrogen-bond acceptors (Lipinski definition) is 6. The van der Waals surface area contributed by atoms with Crippen molar-refractivity contribution in [2.45, 2.75) is 11.3 Å². The number of nitrogens with zero attached hydrogens (tertiary/aromatic N) is 3. The summed E-state index contributed by atoms with van der Waals surface area (Å²) < 4.78 is 25.1. The molecule has 88 valence electrons. The molecular formula is C7H10N4O3S2.